The summed E-state index contributed by atoms with van der Waals surface area (Å²) in [6.45, 7) is 2.08. The molecule has 0 aliphatic rings. The van der Waals surface area contributed by atoms with E-state index < -0.39 is 0 Å². The lowest BCUT2D eigenvalue weighted by molar-refractivity contribution is 0.886. The zero-order valence-electron chi connectivity index (χ0n) is 15.6. The van der Waals surface area contributed by atoms with Gasteiger partial charge in [0.15, 0.2) is 11.0 Å². The number of pyridine rings is 1. The predicted octanol–water partition coefficient (Wildman–Crippen LogP) is 5.44. The lowest BCUT2D eigenvalue weighted by Crippen LogP contribution is -2.00. The van der Waals surface area contributed by atoms with Gasteiger partial charge in [-0.1, -0.05) is 78.0 Å². The van der Waals surface area contributed by atoms with Crippen LogP contribution in [0.2, 0.25) is 0 Å². The van der Waals surface area contributed by atoms with Crippen LogP contribution in [-0.2, 0) is 0 Å². The summed E-state index contributed by atoms with van der Waals surface area (Å²) in [6, 6.07) is 24.5. The van der Waals surface area contributed by atoms with E-state index in [2.05, 4.69) is 75.2 Å². The van der Waals surface area contributed by atoms with E-state index in [0.29, 0.717) is 0 Å². The lowest BCUT2D eigenvalue weighted by atomic mass is 10.2. The number of hydrogen-bond acceptors (Lipinski definition) is 4. The monoisotopic (exact) mass is 384 g/mol. The molecule has 4 nitrogen and oxygen atoms in total. The van der Waals surface area contributed by atoms with Crippen LogP contribution in [0.4, 0.5) is 0 Å². The van der Waals surface area contributed by atoms with Gasteiger partial charge in [0.2, 0.25) is 0 Å². The Morgan fingerprint density at radius 1 is 0.893 bits per heavy atom. The summed E-state index contributed by atoms with van der Waals surface area (Å²) in [5.41, 5.74) is 4.25. The van der Waals surface area contributed by atoms with Crippen molar-refractivity contribution in [1.82, 2.24) is 19.7 Å². The molecule has 4 rings (SSSR count). The molecule has 0 atom stereocenters. The Morgan fingerprint density at radius 3 is 2.43 bits per heavy atom. The third-order valence-electron chi connectivity index (χ3n) is 4.24. The molecular formula is C23H20N4S. The number of aromatic nitrogens is 4. The van der Waals surface area contributed by atoms with Gasteiger partial charge >= 0.3 is 0 Å². The average molecular weight is 385 g/mol. The largest absolute Gasteiger partial charge is 0.269 e. The maximum atomic E-state index is 4.46. The normalized spacial score (nSPS) is 11.2. The van der Waals surface area contributed by atoms with Crippen molar-refractivity contribution in [3.05, 3.63) is 96.2 Å². The fraction of sp³-hybridized carbons (Fsp3) is 0.0870. The van der Waals surface area contributed by atoms with E-state index in [-0.39, 0.29) is 0 Å². The summed E-state index contributed by atoms with van der Waals surface area (Å²) in [5.74, 6) is 1.56. The van der Waals surface area contributed by atoms with E-state index in [9.17, 15) is 0 Å². The molecule has 0 spiro atoms. The van der Waals surface area contributed by atoms with Crippen molar-refractivity contribution < 1.29 is 0 Å². The topological polar surface area (TPSA) is 43.6 Å². The van der Waals surface area contributed by atoms with Gasteiger partial charge in [-0.15, -0.1) is 10.2 Å². The maximum absolute atomic E-state index is 4.46. The average Bonchev–Trinajstić information content (AvgIpc) is 3.17. The van der Waals surface area contributed by atoms with Gasteiger partial charge in [0.25, 0.3) is 0 Å². The van der Waals surface area contributed by atoms with Crippen LogP contribution in [-0.4, -0.2) is 25.5 Å². The molecule has 2 heterocycles. The summed E-state index contributed by atoms with van der Waals surface area (Å²) in [4.78, 5) is 4.46. The third kappa shape index (κ3) is 4.21. The molecule has 0 saturated heterocycles. The molecule has 0 amide bonds. The molecule has 5 heteroatoms. The zero-order chi connectivity index (χ0) is 19.2. The standard InChI is InChI=1S/C23H20N4S/c1-18-12-14-20(15-13-18)27-22(21-11-5-6-16-24-21)25-26-23(27)28-17-7-10-19-8-3-2-4-9-19/h2-16H,17H2,1H3. The fourth-order valence-electron chi connectivity index (χ4n) is 2.82. The number of nitrogens with zero attached hydrogens (tertiary/aromatic N) is 4. The summed E-state index contributed by atoms with van der Waals surface area (Å²) in [5, 5.41) is 9.71. The molecule has 0 unspecified atom stereocenters. The second-order valence-corrected chi connectivity index (χ2v) is 7.30. The van der Waals surface area contributed by atoms with Gasteiger partial charge in [-0.2, -0.15) is 0 Å². The summed E-state index contributed by atoms with van der Waals surface area (Å²) in [7, 11) is 0. The van der Waals surface area contributed by atoms with Crippen molar-refractivity contribution in [3.8, 4) is 17.2 Å². The third-order valence-corrected chi connectivity index (χ3v) is 5.12. The number of hydrogen-bond donors (Lipinski definition) is 0. The van der Waals surface area contributed by atoms with Crippen LogP contribution in [0.1, 0.15) is 11.1 Å². The Morgan fingerprint density at radius 2 is 1.68 bits per heavy atom. The number of aryl methyl sites for hydroxylation is 1. The Bertz CT molecular complexity index is 1050. The van der Waals surface area contributed by atoms with E-state index >= 15 is 0 Å². The molecule has 2 aromatic heterocycles. The molecule has 4 aromatic rings. The molecule has 138 valence electrons. The van der Waals surface area contributed by atoms with Crippen LogP contribution >= 0.6 is 11.8 Å². The molecule has 0 aliphatic heterocycles. The van der Waals surface area contributed by atoms with Gasteiger partial charge in [0.1, 0.15) is 5.69 Å². The van der Waals surface area contributed by atoms with Crippen molar-refractivity contribution in [2.24, 2.45) is 0 Å². The first kappa shape index (κ1) is 18.2. The highest BCUT2D eigenvalue weighted by Gasteiger charge is 2.16. The van der Waals surface area contributed by atoms with E-state index in [1.807, 2.05) is 36.4 Å². The molecule has 0 saturated carbocycles. The summed E-state index contributed by atoms with van der Waals surface area (Å²) < 4.78 is 2.07. The van der Waals surface area contributed by atoms with Crippen molar-refractivity contribution >= 4 is 17.8 Å². The fourth-order valence-corrected chi connectivity index (χ4v) is 3.58. The van der Waals surface area contributed by atoms with Crippen LogP contribution in [0, 0.1) is 6.92 Å². The first-order chi connectivity index (χ1) is 13.8. The Hall–Kier alpha value is -3.18. The Balaban J connectivity index is 1.62. The molecule has 0 N–H and O–H groups in total. The molecule has 0 bridgehead atoms. The van der Waals surface area contributed by atoms with E-state index in [1.54, 1.807) is 18.0 Å². The number of benzene rings is 2. The minimum Gasteiger partial charge on any atom is -0.269 e. The van der Waals surface area contributed by atoms with E-state index in [0.717, 1.165) is 28.1 Å². The Labute approximate surface area is 169 Å². The lowest BCUT2D eigenvalue weighted by Gasteiger charge is -2.09. The van der Waals surface area contributed by atoms with Gasteiger partial charge in [-0.3, -0.25) is 9.55 Å². The summed E-state index contributed by atoms with van der Waals surface area (Å²) >= 11 is 1.66. The maximum Gasteiger partial charge on any atom is 0.196 e. The first-order valence-electron chi connectivity index (χ1n) is 9.09. The van der Waals surface area contributed by atoms with Crippen LogP contribution < -0.4 is 0 Å². The SMILES string of the molecule is Cc1ccc(-n2c(SCC=Cc3ccccc3)nnc2-c2ccccn2)cc1. The summed E-state index contributed by atoms with van der Waals surface area (Å²) in [6.07, 6.45) is 6.05. The van der Waals surface area contributed by atoms with Gasteiger partial charge in [0.05, 0.1) is 0 Å². The highest BCUT2D eigenvalue weighted by Crippen LogP contribution is 2.27. The highest BCUT2D eigenvalue weighted by molar-refractivity contribution is 7.99. The Kier molecular flexibility index (Phi) is 5.64. The van der Waals surface area contributed by atoms with Gasteiger partial charge < -0.3 is 0 Å². The smallest absolute Gasteiger partial charge is 0.196 e. The van der Waals surface area contributed by atoms with Gasteiger partial charge in [-0.25, -0.2) is 0 Å². The van der Waals surface area contributed by atoms with Gasteiger partial charge in [-0.05, 0) is 36.8 Å². The zero-order valence-corrected chi connectivity index (χ0v) is 16.4. The van der Waals surface area contributed by atoms with Crippen molar-refractivity contribution in [2.45, 2.75) is 12.1 Å². The van der Waals surface area contributed by atoms with Gasteiger partial charge in [0, 0.05) is 17.6 Å². The van der Waals surface area contributed by atoms with Crippen molar-refractivity contribution in [3.63, 3.8) is 0 Å². The van der Waals surface area contributed by atoms with Crippen molar-refractivity contribution in [1.29, 1.82) is 0 Å². The second kappa shape index (κ2) is 8.67. The molecular weight excluding hydrogens is 364 g/mol. The number of rotatable bonds is 6. The molecule has 2 aromatic carbocycles. The quantitative estimate of drug-likeness (QED) is 0.415. The molecule has 28 heavy (non-hydrogen) atoms. The first-order valence-corrected chi connectivity index (χ1v) is 10.1. The van der Waals surface area contributed by atoms with Crippen molar-refractivity contribution in [2.75, 3.05) is 5.75 Å². The molecule has 0 radical (unpaired) electrons. The minimum absolute atomic E-state index is 0.749. The van der Waals surface area contributed by atoms with Crippen LogP contribution in [0.3, 0.4) is 0 Å². The highest BCUT2D eigenvalue weighted by atomic mass is 32.2. The van der Waals surface area contributed by atoms with Crippen LogP contribution in [0.15, 0.2) is 90.2 Å². The molecule has 0 fully saturated rings. The second-order valence-electron chi connectivity index (χ2n) is 6.32. The van der Waals surface area contributed by atoms with E-state index in [1.165, 1.54) is 11.1 Å². The van der Waals surface area contributed by atoms with Crippen LogP contribution in [0.5, 0.6) is 0 Å². The molecule has 0 aliphatic carbocycles. The van der Waals surface area contributed by atoms with E-state index in [4.69, 9.17) is 0 Å². The minimum atomic E-state index is 0.749. The predicted molar refractivity (Wildman–Crippen MR) is 116 cm³/mol. The number of thioether (sulfide) groups is 1. The van der Waals surface area contributed by atoms with Crippen LogP contribution in [0.25, 0.3) is 23.3 Å².